The van der Waals surface area contributed by atoms with Crippen molar-refractivity contribution in [2.45, 2.75) is 26.2 Å². The van der Waals surface area contributed by atoms with Gasteiger partial charge in [-0.1, -0.05) is 32.9 Å². The Labute approximate surface area is 150 Å². The molecular weight excluding hydrogens is 336 g/mol. The number of nitro benzene ring substituents is 1. The number of carbonyl (C=O) groups is 1. The third kappa shape index (κ3) is 5.04. The Kier molecular flexibility index (Phi) is 5.56. The predicted molar refractivity (Wildman–Crippen MR) is 98.6 cm³/mol. The number of benzene rings is 2. The maximum atomic E-state index is 11.0. The maximum Gasteiger partial charge on any atom is 0.332 e. The summed E-state index contributed by atoms with van der Waals surface area (Å²) >= 11 is 0. The summed E-state index contributed by atoms with van der Waals surface area (Å²) in [5.41, 5.74) is 8.36. The smallest absolute Gasteiger partial charge is 0.332 e. The second-order valence-electron chi connectivity index (χ2n) is 6.59. The Balaban J connectivity index is 2.31. The molecule has 0 saturated heterocycles. The van der Waals surface area contributed by atoms with Crippen LogP contribution in [-0.4, -0.2) is 17.2 Å². The summed E-state index contributed by atoms with van der Waals surface area (Å²) in [5.74, 6) is 0.929. The van der Waals surface area contributed by atoms with Gasteiger partial charge >= 0.3 is 6.03 Å². The SMILES string of the molecule is CC(C)(C)c1ccc(Oc2ccc([N+](=O)[O-])cc2C=NNC(N)=O)cc1. The highest BCUT2D eigenvalue weighted by Gasteiger charge is 2.14. The Morgan fingerprint density at radius 3 is 2.42 bits per heavy atom. The first kappa shape index (κ1) is 18.9. The molecule has 0 heterocycles. The van der Waals surface area contributed by atoms with E-state index in [1.54, 1.807) is 0 Å². The Bertz CT molecular complexity index is 839. The molecule has 0 saturated carbocycles. The summed E-state index contributed by atoms with van der Waals surface area (Å²) in [6.07, 6.45) is 1.23. The van der Waals surface area contributed by atoms with E-state index in [1.807, 2.05) is 29.7 Å². The topological polar surface area (TPSA) is 120 Å². The Morgan fingerprint density at radius 2 is 1.88 bits per heavy atom. The first-order chi connectivity index (χ1) is 12.2. The number of nitro groups is 1. The minimum Gasteiger partial charge on any atom is -0.457 e. The number of nitrogens with two attached hydrogens (primary N) is 1. The van der Waals surface area contributed by atoms with E-state index in [0.717, 1.165) is 5.56 Å². The zero-order valence-corrected chi connectivity index (χ0v) is 14.7. The van der Waals surface area contributed by atoms with Gasteiger partial charge in [0.25, 0.3) is 5.69 Å². The van der Waals surface area contributed by atoms with Gasteiger partial charge in [-0.3, -0.25) is 10.1 Å². The number of carbonyl (C=O) groups excluding carboxylic acids is 1. The molecule has 0 radical (unpaired) electrons. The van der Waals surface area contributed by atoms with Crippen molar-refractivity contribution in [2.75, 3.05) is 0 Å². The third-order valence-corrected chi connectivity index (χ3v) is 3.53. The van der Waals surface area contributed by atoms with Crippen molar-refractivity contribution in [3.8, 4) is 11.5 Å². The predicted octanol–water partition coefficient (Wildman–Crippen LogP) is 3.69. The van der Waals surface area contributed by atoms with Gasteiger partial charge in [0.2, 0.25) is 0 Å². The standard InChI is InChI=1S/C18H20N4O4/c1-18(2,3)13-4-7-15(8-5-13)26-16-9-6-14(22(24)25)10-12(16)11-20-21-17(19)23/h4-11H,1-3H3,(H3,19,21,23). The van der Waals surface area contributed by atoms with E-state index in [0.29, 0.717) is 17.1 Å². The molecular formula is C18H20N4O4. The molecule has 8 heteroatoms. The number of rotatable bonds is 5. The van der Waals surface area contributed by atoms with E-state index in [9.17, 15) is 14.9 Å². The average Bonchev–Trinajstić information content (AvgIpc) is 2.55. The normalized spacial score (nSPS) is 11.3. The van der Waals surface area contributed by atoms with Gasteiger partial charge in [-0.05, 0) is 29.2 Å². The van der Waals surface area contributed by atoms with Crippen LogP contribution in [0.5, 0.6) is 11.5 Å². The number of nitrogens with zero attached hydrogens (tertiary/aromatic N) is 2. The van der Waals surface area contributed by atoms with E-state index in [-0.39, 0.29) is 11.1 Å². The van der Waals surface area contributed by atoms with Crippen LogP contribution < -0.4 is 15.9 Å². The van der Waals surface area contributed by atoms with Crippen molar-refractivity contribution in [2.24, 2.45) is 10.8 Å². The molecule has 2 rings (SSSR count). The van der Waals surface area contributed by atoms with Crippen LogP contribution in [0.2, 0.25) is 0 Å². The van der Waals surface area contributed by atoms with Gasteiger partial charge in [-0.15, -0.1) is 0 Å². The summed E-state index contributed by atoms with van der Waals surface area (Å²) in [4.78, 5) is 21.2. The van der Waals surface area contributed by atoms with Crippen molar-refractivity contribution < 1.29 is 14.5 Å². The summed E-state index contributed by atoms with van der Waals surface area (Å²) in [7, 11) is 0. The number of hydrogen-bond acceptors (Lipinski definition) is 5. The van der Waals surface area contributed by atoms with Crippen LogP contribution in [0.15, 0.2) is 47.6 Å². The number of amides is 2. The lowest BCUT2D eigenvalue weighted by molar-refractivity contribution is -0.384. The van der Waals surface area contributed by atoms with Crippen molar-refractivity contribution in [3.63, 3.8) is 0 Å². The van der Waals surface area contributed by atoms with Crippen molar-refractivity contribution in [1.29, 1.82) is 0 Å². The number of primary amides is 1. The summed E-state index contributed by atoms with van der Waals surface area (Å²) in [6.45, 7) is 6.33. The van der Waals surface area contributed by atoms with Gasteiger partial charge in [-0.25, -0.2) is 10.2 Å². The van der Waals surface area contributed by atoms with Gasteiger partial charge in [0, 0.05) is 17.7 Å². The highest BCUT2D eigenvalue weighted by Crippen LogP contribution is 2.30. The molecule has 0 atom stereocenters. The molecule has 2 aromatic carbocycles. The highest BCUT2D eigenvalue weighted by molar-refractivity contribution is 5.86. The molecule has 0 fully saturated rings. The molecule has 8 nitrogen and oxygen atoms in total. The molecule has 3 N–H and O–H groups in total. The van der Waals surface area contributed by atoms with Crippen LogP contribution in [-0.2, 0) is 5.41 Å². The first-order valence-electron chi connectivity index (χ1n) is 7.82. The third-order valence-electron chi connectivity index (χ3n) is 3.53. The molecule has 2 amide bonds. The fraction of sp³-hybridized carbons (Fsp3) is 0.222. The number of hydrogen-bond donors (Lipinski definition) is 2. The largest absolute Gasteiger partial charge is 0.457 e. The summed E-state index contributed by atoms with van der Waals surface area (Å²) in [6, 6.07) is 10.8. The quantitative estimate of drug-likeness (QED) is 0.482. The molecule has 0 aliphatic rings. The van der Waals surface area contributed by atoms with Crippen LogP contribution in [0.25, 0.3) is 0 Å². The molecule has 0 bridgehead atoms. The zero-order valence-electron chi connectivity index (χ0n) is 14.7. The van der Waals surface area contributed by atoms with Crippen LogP contribution in [0.1, 0.15) is 31.9 Å². The lowest BCUT2D eigenvalue weighted by Crippen LogP contribution is -2.24. The van der Waals surface area contributed by atoms with Crippen LogP contribution in [0, 0.1) is 10.1 Å². The fourth-order valence-corrected chi connectivity index (χ4v) is 2.16. The highest BCUT2D eigenvalue weighted by atomic mass is 16.6. The Morgan fingerprint density at radius 1 is 1.23 bits per heavy atom. The monoisotopic (exact) mass is 356 g/mol. The molecule has 2 aromatic rings. The van der Waals surface area contributed by atoms with Crippen LogP contribution >= 0.6 is 0 Å². The van der Waals surface area contributed by atoms with Gasteiger partial charge in [0.05, 0.1) is 11.1 Å². The minimum absolute atomic E-state index is 0.0180. The first-order valence-corrected chi connectivity index (χ1v) is 7.82. The van der Waals surface area contributed by atoms with E-state index in [1.165, 1.54) is 24.4 Å². The number of hydrazone groups is 1. The zero-order chi connectivity index (χ0) is 19.3. The van der Waals surface area contributed by atoms with Gasteiger partial charge in [0.15, 0.2) is 0 Å². The minimum atomic E-state index is -0.841. The lowest BCUT2D eigenvalue weighted by Gasteiger charge is -2.19. The van der Waals surface area contributed by atoms with Gasteiger partial charge < -0.3 is 10.5 Å². The molecule has 0 spiro atoms. The number of non-ortho nitro benzene ring substituents is 1. The second kappa shape index (κ2) is 7.64. The van der Waals surface area contributed by atoms with Crippen molar-refractivity contribution in [3.05, 3.63) is 63.7 Å². The van der Waals surface area contributed by atoms with Crippen LogP contribution in [0.3, 0.4) is 0 Å². The molecule has 136 valence electrons. The van der Waals surface area contributed by atoms with E-state index in [4.69, 9.17) is 10.5 Å². The van der Waals surface area contributed by atoms with Gasteiger partial charge in [0.1, 0.15) is 11.5 Å². The van der Waals surface area contributed by atoms with E-state index < -0.39 is 11.0 Å². The lowest BCUT2D eigenvalue weighted by atomic mass is 9.87. The average molecular weight is 356 g/mol. The summed E-state index contributed by atoms with van der Waals surface area (Å²) < 4.78 is 5.81. The Hall–Kier alpha value is -3.42. The summed E-state index contributed by atoms with van der Waals surface area (Å²) in [5, 5.41) is 14.6. The van der Waals surface area contributed by atoms with Gasteiger partial charge in [-0.2, -0.15) is 5.10 Å². The number of ether oxygens (including phenoxy) is 1. The maximum absolute atomic E-state index is 11.0. The van der Waals surface area contributed by atoms with Crippen molar-refractivity contribution >= 4 is 17.9 Å². The van der Waals surface area contributed by atoms with Crippen molar-refractivity contribution in [1.82, 2.24) is 5.43 Å². The van der Waals surface area contributed by atoms with E-state index in [2.05, 4.69) is 25.9 Å². The molecule has 0 aromatic heterocycles. The van der Waals surface area contributed by atoms with Crippen LogP contribution in [0.4, 0.5) is 10.5 Å². The number of nitrogens with one attached hydrogen (secondary N) is 1. The molecule has 0 unspecified atom stereocenters. The molecule has 26 heavy (non-hydrogen) atoms. The second-order valence-corrected chi connectivity index (χ2v) is 6.59. The molecule has 0 aliphatic carbocycles. The molecule has 0 aliphatic heterocycles. The van der Waals surface area contributed by atoms with E-state index >= 15 is 0 Å². The fourth-order valence-electron chi connectivity index (χ4n) is 2.16. The number of urea groups is 1.